The fraction of sp³-hybridized carbons (Fsp3) is 0.588. The van der Waals surface area contributed by atoms with Gasteiger partial charge in [0.2, 0.25) is 5.91 Å². The first-order valence-corrected chi connectivity index (χ1v) is 7.71. The Balaban J connectivity index is 2.07. The van der Waals surface area contributed by atoms with E-state index in [1.54, 1.807) is 0 Å². The third kappa shape index (κ3) is 7.95. The van der Waals surface area contributed by atoms with Crippen molar-refractivity contribution < 1.29 is 9.90 Å². The van der Waals surface area contributed by atoms with Crippen LogP contribution >= 0.6 is 0 Å². The minimum absolute atomic E-state index is 0.0152. The van der Waals surface area contributed by atoms with Crippen LogP contribution in [-0.2, 0) is 11.3 Å². The first kappa shape index (κ1) is 16.7. The van der Waals surface area contributed by atoms with Crippen molar-refractivity contribution in [2.75, 3.05) is 0 Å². The highest BCUT2D eigenvalue weighted by molar-refractivity contribution is 5.75. The highest BCUT2D eigenvalue weighted by atomic mass is 16.3. The van der Waals surface area contributed by atoms with Gasteiger partial charge in [-0.15, -0.1) is 0 Å². The molecule has 112 valence electrons. The summed E-state index contributed by atoms with van der Waals surface area (Å²) >= 11 is 0. The lowest BCUT2D eigenvalue weighted by Gasteiger charge is -2.10. The number of benzene rings is 1. The monoisotopic (exact) mass is 277 g/mol. The molecule has 1 atom stereocenters. The van der Waals surface area contributed by atoms with Gasteiger partial charge < -0.3 is 10.4 Å². The quantitative estimate of drug-likeness (QED) is 0.644. The summed E-state index contributed by atoms with van der Waals surface area (Å²) < 4.78 is 0. The number of hydrogen-bond donors (Lipinski definition) is 2. The molecule has 0 unspecified atom stereocenters. The third-order valence-corrected chi connectivity index (χ3v) is 3.43. The maximum absolute atomic E-state index is 11.7. The van der Waals surface area contributed by atoms with Crippen LogP contribution in [0.3, 0.4) is 0 Å². The van der Waals surface area contributed by atoms with Crippen LogP contribution in [0.4, 0.5) is 0 Å². The molecule has 1 aromatic rings. The zero-order chi connectivity index (χ0) is 14.6. The van der Waals surface area contributed by atoms with Crippen LogP contribution in [0.25, 0.3) is 0 Å². The number of unbranched alkanes of at least 4 members (excludes halogenated alkanes) is 3. The SMILES string of the molecule is CCCCCC[C@@H](O)CCC(=O)NCc1ccccc1. The Hall–Kier alpha value is -1.35. The van der Waals surface area contributed by atoms with Gasteiger partial charge in [0.25, 0.3) is 0 Å². The molecule has 2 N–H and O–H groups in total. The molecule has 0 aromatic heterocycles. The predicted octanol–water partition coefficient (Wildman–Crippen LogP) is 3.41. The molecular weight excluding hydrogens is 250 g/mol. The van der Waals surface area contributed by atoms with Gasteiger partial charge in [-0.25, -0.2) is 0 Å². The van der Waals surface area contributed by atoms with Crippen LogP contribution in [0.15, 0.2) is 30.3 Å². The molecular formula is C17H27NO2. The van der Waals surface area contributed by atoms with E-state index >= 15 is 0 Å². The molecule has 0 aliphatic carbocycles. The summed E-state index contributed by atoms with van der Waals surface area (Å²) in [6.45, 7) is 2.74. The second-order valence-corrected chi connectivity index (χ2v) is 5.30. The first-order valence-electron chi connectivity index (χ1n) is 7.71. The summed E-state index contributed by atoms with van der Waals surface area (Å²) in [5.74, 6) is 0.0152. The molecule has 0 heterocycles. The van der Waals surface area contributed by atoms with Crippen LogP contribution in [0.5, 0.6) is 0 Å². The van der Waals surface area contributed by atoms with Crippen molar-refractivity contribution in [2.45, 2.75) is 64.5 Å². The molecule has 20 heavy (non-hydrogen) atoms. The third-order valence-electron chi connectivity index (χ3n) is 3.43. The highest BCUT2D eigenvalue weighted by Crippen LogP contribution is 2.09. The van der Waals surface area contributed by atoms with E-state index in [2.05, 4.69) is 12.2 Å². The van der Waals surface area contributed by atoms with Gasteiger partial charge in [-0.05, 0) is 18.4 Å². The van der Waals surface area contributed by atoms with Crippen molar-refractivity contribution in [1.29, 1.82) is 0 Å². The van der Waals surface area contributed by atoms with E-state index in [4.69, 9.17) is 0 Å². The first-order chi connectivity index (χ1) is 9.72. The van der Waals surface area contributed by atoms with E-state index in [9.17, 15) is 9.90 Å². The summed E-state index contributed by atoms with van der Waals surface area (Å²) in [6, 6.07) is 9.86. The maximum atomic E-state index is 11.7. The van der Waals surface area contributed by atoms with Gasteiger partial charge in [0.1, 0.15) is 0 Å². The summed E-state index contributed by atoms with van der Waals surface area (Å²) in [5, 5.41) is 12.7. The number of amides is 1. The van der Waals surface area contributed by atoms with Crippen LogP contribution in [0, 0.1) is 0 Å². The second kappa shape index (κ2) is 10.4. The number of rotatable bonds is 10. The molecule has 0 aliphatic rings. The molecule has 1 aromatic carbocycles. The van der Waals surface area contributed by atoms with E-state index in [0.717, 1.165) is 18.4 Å². The Labute approximate surface area is 122 Å². The lowest BCUT2D eigenvalue weighted by atomic mass is 10.1. The van der Waals surface area contributed by atoms with Gasteiger partial charge in [-0.3, -0.25) is 4.79 Å². The summed E-state index contributed by atoms with van der Waals surface area (Å²) in [7, 11) is 0. The van der Waals surface area contributed by atoms with Crippen LogP contribution in [-0.4, -0.2) is 17.1 Å². The lowest BCUT2D eigenvalue weighted by Crippen LogP contribution is -2.24. The minimum Gasteiger partial charge on any atom is -0.393 e. The standard InChI is InChI=1S/C17H27NO2/c1-2-3-4-8-11-16(19)12-13-17(20)18-14-15-9-6-5-7-10-15/h5-7,9-10,16,19H,2-4,8,11-14H2,1H3,(H,18,20)/t16-/m1/s1. The number of carbonyl (C=O) groups excluding carboxylic acids is 1. The van der Waals surface area contributed by atoms with Gasteiger partial charge in [-0.1, -0.05) is 62.9 Å². The largest absolute Gasteiger partial charge is 0.393 e. The summed E-state index contributed by atoms with van der Waals surface area (Å²) in [5.41, 5.74) is 1.10. The molecule has 0 radical (unpaired) electrons. The molecule has 1 amide bonds. The van der Waals surface area contributed by atoms with E-state index < -0.39 is 0 Å². The molecule has 0 fully saturated rings. The maximum Gasteiger partial charge on any atom is 0.220 e. The average Bonchev–Trinajstić information content (AvgIpc) is 2.48. The van der Waals surface area contributed by atoms with Crippen LogP contribution in [0.2, 0.25) is 0 Å². The highest BCUT2D eigenvalue weighted by Gasteiger charge is 2.07. The van der Waals surface area contributed by atoms with Gasteiger partial charge in [-0.2, -0.15) is 0 Å². The van der Waals surface area contributed by atoms with Crippen molar-refractivity contribution in [3.63, 3.8) is 0 Å². The van der Waals surface area contributed by atoms with Crippen LogP contribution < -0.4 is 5.32 Å². The molecule has 0 aliphatic heterocycles. The molecule has 1 rings (SSSR count). The summed E-state index contributed by atoms with van der Waals surface area (Å²) in [4.78, 5) is 11.7. The molecule has 0 saturated heterocycles. The molecule has 0 bridgehead atoms. The zero-order valence-electron chi connectivity index (χ0n) is 12.5. The fourth-order valence-electron chi connectivity index (χ4n) is 2.13. The van der Waals surface area contributed by atoms with Crippen molar-refractivity contribution in [1.82, 2.24) is 5.32 Å². The van der Waals surface area contributed by atoms with Crippen molar-refractivity contribution in [2.24, 2.45) is 0 Å². The molecule has 0 spiro atoms. The smallest absolute Gasteiger partial charge is 0.220 e. The van der Waals surface area contributed by atoms with E-state index in [-0.39, 0.29) is 12.0 Å². The average molecular weight is 277 g/mol. The molecule has 3 heteroatoms. The van der Waals surface area contributed by atoms with Gasteiger partial charge in [0.05, 0.1) is 6.10 Å². The Morgan fingerprint density at radius 3 is 2.60 bits per heavy atom. The van der Waals surface area contributed by atoms with Gasteiger partial charge >= 0.3 is 0 Å². The van der Waals surface area contributed by atoms with Crippen molar-refractivity contribution in [3.8, 4) is 0 Å². The van der Waals surface area contributed by atoms with E-state index in [1.807, 2.05) is 30.3 Å². The number of nitrogens with one attached hydrogen (secondary N) is 1. The number of aliphatic hydroxyl groups excluding tert-OH is 1. The number of hydrogen-bond acceptors (Lipinski definition) is 2. The van der Waals surface area contributed by atoms with Gasteiger partial charge in [0.15, 0.2) is 0 Å². The summed E-state index contributed by atoms with van der Waals surface area (Å²) in [6.07, 6.45) is 6.10. The minimum atomic E-state index is -0.339. The topological polar surface area (TPSA) is 49.3 Å². The number of aliphatic hydroxyl groups is 1. The predicted molar refractivity (Wildman–Crippen MR) is 82.3 cm³/mol. The van der Waals surface area contributed by atoms with Crippen molar-refractivity contribution in [3.05, 3.63) is 35.9 Å². The molecule has 0 saturated carbocycles. The fourth-order valence-corrected chi connectivity index (χ4v) is 2.13. The number of carbonyl (C=O) groups is 1. The van der Waals surface area contributed by atoms with Crippen molar-refractivity contribution >= 4 is 5.91 Å². The van der Waals surface area contributed by atoms with E-state index in [0.29, 0.717) is 19.4 Å². The Morgan fingerprint density at radius 2 is 1.90 bits per heavy atom. The second-order valence-electron chi connectivity index (χ2n) is 5.30. The van der Waals surface area contributed by atoms with Crippen LogP contribution in [0.1, 0.15) is 57.4 Å². The Morgan fingerprint density at radius 1 is 1.15 bits per heavy atom. The normalized spacial score (nSPS) is 12.1. The lowest BCUT2D eigenvalue weighted by molar-refractivity contribution is -0.121. The molecule has 3 nitrogen and oxygen atoms in total. The Bertz CT molecular complexity index is 365. The Kier molecular flexibility index (Phi) is 8.72. The zero-order valence-corrected chi connectivity index (χ0v) is 12.5. The van der Waals surface area contributed by atoms with E-state index in [1.165, 1.54) is 19.3 Å². The van der Waals surface area contributed by atoms with Gasteiger partial charge in [0, 0.05) is 13.0 Å².